The van der Waals surface area contributed by atoms with Crippen LogP contribution in [0.15, 0.2) is 42.5 Å². The van der Waals surface area contributed by atoms with E-state index in [1.807, 2.05) is 0 Å². The predicted molar refractivity (Wildman–Crippen MR) is 91.5 cm³/mol. The summed E-state index contributed by atoms with van der Waals surface area (Å²) in [5.74, 6) is -1.71. The number of carbonyl (C=O) groups is 2. The highest BCUT2D eigenvalue weighted by Crippen LogP contribution is 2.45. The summed E-state index contributed by atoms with van der Waals surface area (Å²) in [6, 6.07) is 7.08. The van der Waals surface area contributed by atoms with Gasteiger partial charge >= 0.3 is 22.4 Å². The molecule has 28 heavy (non-hydrogen) atoms. The number of amides is 2. The van der Waals surface area contributed by atoms with Gasteiger partial charge in [-0.05, 0) is 40.5 Å². The standard InChI is InChI=1S/C17H13FN2O7S/c18-11-4-1-9(2-5-11)10-3-6-12-13(7-10)14-8-19(15(12)16(21)22)17(23)20(14)27-28(24,25)26/h1-7,14-15H,8H2,(H,21,22)(H,24,25,26)/t14-,15+/m0/s1. The second-order valence-corrected chi connectivity index (χ2v) is 7.37. The predicted octanol–water partition coefficient (Wildman–Crippen LogP) is 2.15. The number of carboxylic acids is 1. The minimum absolute atomic E-state index is 0.134. The summed E-state index contributed by atoms with van der Waals surface area (Å²) in [6.45, 7) is -0.134. The molecule has 11 heteroatoms. The SMILES string of the molecule is O=C(O)[C@H]1c2ccc(-c3ccc(F)cc3)cc2[C@@H]2CN1C(=O)N2OS(=O)(=O)O. The Balaban J connectivity index is 1.85. The molecule has 0 aromatic heterocycles. The maximum Gasteiger partial charge on any atom is 0.418 e. The first-order valence-corrected chi connectivity index (χ1v) is 9.41. The number of benzene rings is 2. The first-order chi connectivity index (χ1) is 13.2. The molecule has 1 fully saturated rings. The quantitative estimate of drug-likeness (QED) is 0.743. The van der Waals surface area contributed by atoms with Gasteiger partial charge in [-0.25, -0.2) is 14.0 Å². The van der Waals surface area contributed by atoms with Crippen molar-refractivity contribution in [1.82, 2.24) is 9.96 Å². The van der Waals surface area contributed by atoms with E-state index < -0.39 is 40.3 Å². The van der Waals surface area contributed by atoms with Crippen LogP contribution >= 0.6 is 0 Å². The molecule has 2 aliphatic rings. The molecule has 0 unspecified atom stereocenters. The summed E-state index contributed by atoms with van der Waals surface area (Å²) >= 11 is 0. The molecule has 1 saturated heterocycles. The molecule has 0 saturated carbocycles. The van der Waals surface area contributed by atoms with E-state index in [2.05, 4.69) is 4.28 Å². The fourth-order valence-corrected chi connectivity index (χ4v) is 3.96. The third-order valence-corrected chi connectivity index (χ3v) is 5.07. The molecule has 2 aromatic carbocycles. The van der Waals surface area contributed by atoms with E-state index in [9.17, 15) is 27.5 Å². The van der Waals surface area contributed by atoms with Crippen LogP contribution in [0.3, 0.4) is 0 Å². The molecule has 2 atom stereocenters. The van der Waals surface area contributed by atoms with E-state index in [1.54, 1.807) is 12.1 Å². The van der Waals surface area contributed by atoms with Gasteiger partial charge in [-0.2, -0.15) is 13.5 Å². The first kappa shape index (κ1) is 18.3. The molecule has 2 aliphatic heterocycles. The van der Waals surface area contributed by atoms with Crippen molar-refractivity contribution in [3.63, 3.8) is 0 Å². The van der Waals surface area contributed by atoms with Crippen molar-refractivity contribution in [2.24, 2.45) is 0 Å². The molecule has 2 amide bonds. The fourth-order valence-electron chi connectivity index (χ4n) is 3.59. The van der Waals surface area contributed by atoms with Gasteiger partial charge in [-0.3, -0.25) is 4.55 Å². The highest BCUT2D eigenvalue weighted by Gasteiger charge is 2.52. The van der Waals surface area contributed by atoms with Gasteiger partial charge in [0.25, 0.3) is 0 Å². The van der Waals surface area contributed by atoms with E-state index in [1.165, 1.54) is 30.3 Å². The number of nitrogens with zero attached hydrogens (tertiary/aromatic N) is 2. The maximum absolute atomic E-state index is 13.2. The van der Waals surface area contributed by atoms with Crippen molar-refractivity contribution in [2.75, 3.05) is 6.54 Å². The number of rotatable bonds is 4. The lowest BCUT2D eigenvalue weighted by molar-refractivity contribution is -0.142. The van der Waals surface area contributed by atoms with E-state index in [4.69, 9.17) is 4.55 Å². The summed E-state index contributed by atoms with van der Waals surface area (Å²) in [6.07, 6.45) is 0. The lowest BCUT2D eigenvalue weighted by Crippen LogP contribution is -2.38. The van der Waals surface area contributed by atoms with E-state index >= 15 is 0 Å². The molecular formula is C17H13FN2O7S. The molecule has 2 heterocycles. The van der Waals surface area contributed by atoms with E-state index in [0.717, 1.165) is 4.90 Å². The Labute approximate surface area is 158 Å². The average molecular weight is 408 g/mol. The van der Waals surface area contributed by atoms with Gasteiger partial charge in [0, 0.05) is 0 Å². The second kappa shape index (κ2) is 6.26. The lowest BCUT2D eigenvalue weighted by atomic mass is 9.88. The molecule has 0 radical (unpaired) electrons. The van der Waals surface area contributed by atoms with Crippen LogP contribution in [0.4, 0.5) is 9.18 Å². The summed E-state index contributed by atoms with van der Waals surface area (Å²) < 4.78 is 48.8. The van der Waals surface area contributed by atoms with Gasteiger partial charge in [-0.1, -0.05) is 24.3 Å². The van der Waals surface area contributed by atoms with Gasteiger partial charge in [0.1, 0.15) is 11.9 Å². The number of carbonyl (C=O) groups excluding carboxylic acids is 1. The fraction of sp³-hybridized carbons (Fsp3) is 0.176. The van der Waals surface area contributed by atoms with Gasteiger partial charge in [0.05, 0.1) is 6.54 Å². The molecule has 146 valence electrons. The van der Waals surface area contributed by atoms with Crippen LogP contribution in [0.5, 0.6) is 0 Å². The number of hydrogen-bond donors (Lipinski definition) is 2. The Morgan fingerprint density at radius 3 is 2.36 bits per heavy atom. The minimum Gasteiger partial charge on any atom is -0.479 e. The van der Waals surface area contributed by atoms with Crippen molar-refractivity contribution in [3.05, 3.63) is 59.4 Å². The molecule has 9 nitrogen and oxygen atoms in total. The van der Waals surface area contributed by atoms with E-state index in [0.29, 0.717) is 27.3 Å². The van der Waals surface area contributed by atoms with Crippen molar-refractivity contribution in [1.29, 1.82) is 0 Å². The maximum atomic E-state index is 13.2. The molecule has 4 rings (SSSR count). The molecule has 0 spiro atoms. The van der Waals surface area contributed by atoms with Gasteiger partial charge in [-0.15, -0.1) is 4.28 Å². The second-order valence-electron chi connectivity index (χ2n) is 6.37. The molecular weight excluding hydrogens is 395 g/mol. The lowest BCUT2D eigenvalue weighted by Gasteiger charge is -2.30. The number of hydrogen-bond acceptors (Lipinski definition) is 5. The van der Waals surface area contributed by atoms with Crippen molar-refractivity contribution >= 4 is 22.4 Å². The van der Waals surface area contributed by atoms with Crippen LogP contribution in [0.2, 0.25) is 0 Å². The topological polar surface area (TPSA) is 124 Å². The number of carboxylic acid groups (broad SMARTS) is 1. The van der Waals surface area contributed by atoms with Crippen LogP contribution in [0, 0.1) is 5.82 Å². The number of fused-ring (bicyclic) bond motifs is 4. The molecule has 0 aliphatic carbocycles. The number of halogens is 1. The first-order valence-electron chi connectivity index (χ1n) is 8.05. The Bertz CT molecular complexity index is 1090. The number of urea groups is 1. The summed E-state index contributed by atoms with van der Waals surface area (Å²) in [5, 5.41) is 10.0. The third kappa shape index (κ3) is 2.99. The summed E-state index contributed by atoms with van der Waals surface area (Å²) in [7, 11) is -5.00. The largest absolute Gasteiger partial charge is 0.479 e. The van der Waals surface area contributed by atoms with Crippen LogP contribution in [-0.4, -0.2) is 46.6 Å². The molecule has 2 aromatic rings. The monoisotopic (exact) mass is 408 g/mol. The van der Waals surface area contributed by atoms with Crippen LogP contribution in [0.25, 0.3) is 11.1 Å². The zero-order chi connectivity index (χ0) is 20.2. The van der Waals surface area contributed by atoms with Crippen molar-refractivity contribution in [2.45, 2.75) is 12.1 Å². The highest BCUT2D eigenvalue weighted by molar-refractivity contribution is 7.80. The van der Waals surface area contributed by atoms with Crippen LogP contribution in [-0.2, 0) is 19.5 Å². The number of hydroxylamine groups is 2. The smallest absolute Gasteiger partial charge is 0.418 e. The zero-order valence-electron chi connectivity index (χ0n) is 14.0. The zero-order valence-corrected chi connectivity index (χ0v) is 14.8. The van der Waals surface area contributed by atoms with Crippen LogP contribution in [0.1, 0.15) is 23.2 Å². The Hall–Kier alpha value is -3.02. The van der Waals surface area contributed by atoms with Crippen LogP contribution < -0.4 is 0 Å². The summed E-state index contributed by atoms with van der Waals surface area (Å²) in [4.78, 5) is 25.2. The van der Waals surface area contributed by atoms with Gasteiger partial charge in [0.2, 0.25) is 0 Å². The number of aliphatic carboxylic acids is 1. The van der Waals surface area contributed by atoms with Gasteiger partial charge < -0.3 is 10.0 Å². The Kier molecular flexibility index (Phi) is 4.10. The van der Waals surface area contributed by atoms with Crippen molar-refractivity contribution < 1.29 is 36.3 Å². The van der Waals surface area contributed by atoms with Gasteiger partial charge in [0.15, 0.2) is 6.04 Å². The highest BCUT2D eigenvalue weighted by atomic mass is 32.3. The molecule has 2 bridgehead atoms. The minimum atomic E-state index is -5.00. The normalized spacial score (nSPS) is 21.0. The Morgan fingerprint density at radius 1 is 1.11 bits per heavy atom. The average Bonchev–Trinajstić information content (AvgIpc) is 2.88. The summed E-state index contributed by atoms with van der Waals surface area (Å²) in [5.41, 5.74) is 1.91. The molecule has 2 N–H and O–H groups in total. The van der Waals surface area contributed by atoms with E-state index in [-0.39, 0.29) is 6.54 Å². The third-order valence-electron chi connectivity index (χ3n) is 4.72. The van der Waals surface area contributed by atoms with Crippen molar-refractivity contribution in [3.8, 4) is 11.1 Å². The Morgan fingerprint density at radius 2 is 1.75 bits per heavy atom.